The number of aryl methyl sites for hydroxylation is 1. The van der Waals surface area contributed by atoms with Gasteiger partial charge in [0.25, 0.3) is 0 Å². The number of hydrogen-bond acceptors (Lipinski definition) is 3. The third-order valence-corrected chi connectivity index (χ3v) is 4.32. The lowest BCUT2D eigenvalue weighted by molar-refractivity contribution is 0.112. The van der Waals surface area contributed by atoms with Gasteiger partial charge in [0.05, 0.1) is 10.1 Å². The Morgan fingerprint density at radius 1 is 1.25 bits per heavy atom. The van der Waals surface area contributed by atoms with Crippen molar-refractivity contribution in [3.05, 3.63) is 57.3 Å². The zero-order valence-electron chi connectivity index (χ0n) is 8.88. The van der Waals surface area contributed by atoms with Crippen molar-refractivity contribution in [2.24, 2.45) is 0 Å². The molecule has 1 nitrogen and oxygen atoms in total. The van der Waals surface area contributed by atoms with Crippen molar-refractivity contribution in [2.75, 3.05) is 0 Å². The van der Waals surface area contributed by atoms with Crippen LogP contribution in [0.1, 0.15) is 30.9 Å². The molecular formula is C13H12OS2. The van der Waals surface area contributed by atoms with E-state index in [1.165, 1.54) is 22.5 Å². The maximum atomic E-state index is 10.6. The second-order valence-corrected chi connectivity index (χ2v) is 5.28. The number of rotatable bonds is 3. The van der Waals surface area contributed by atoms with E-state index >= 15 is 0 Å². The normalized spacial score (nSPS) is 12.4. The van der Waals surface area contributed by atoms with E-state index in [1.807, 2.05) is 24.3 Å². The average molecular weight is 248 g/mol. The van der Waals surface area contributed by atoms with Gasteiger partial charge in [-0.15, -0.1) is 11.3 Å². The zero-order chi connectivity index (χ0) is 11.5. The van der Waals surface area contributed by atoms with Gasteiger partial charge < -0.3 is 0 Å². The topological polar surface area (TPSA) is 17.1 Å². The second-order valence-electron chi connectivity index (χ2n) is 3.62. The molecule has 0 saturated heterocycles. The Morgan fingerprint density at radius 3 is 2.62 bits per heavy atom. The first-order valence-electron chi connectivity index (χ1n) is 5.01. The molecule has 0 spiro atoms. The van der Waals surface area contributed by atoms with Crippen molar-refractivity contribution in [3.8, 4) is 0 Å². The van der Waals surface area contributed by atoms with Gasteiger partial charge in [0, 0.05) is 4.88 Å². The first-order chi connectivity index (χ1) is 7.72. The van der Waals surface area contributed by atoms with Crippen molar-refractivity contribution in [1.82, 2.24) is 0 Å². The molecular weight excluding hydrogens is 236 g/mol. The van der Waals surface area contributed by atoms with Gasteiger partial charge in [-0.2, -0.15) is 12.6 Å². The molecule has 1 aromatic heterocycles. The van der Waals surface area contributed by atoms with Crippen LogP contribution in [0.15, 0.2) is 36.4 Å². The summed E-state index contributed by atoms with van der Waals surface area (Å²) in [6.07, 6.45) is 0.881. The number of carbonyl (C=O) groups excluding carboxylic acids is 1. The Hall–Kier alpha value is -1.06. The quantitative estimate of drug-likeness (QED) is 0.644. The van der Waals surface area contributed by atoms with Gasteiger partial charge in [0.2, 0.25) is 0 Å². The highest BCUT2D eigenvalue weighted by Crippen LogP contribution is 2.34. The summed E-state index contributed by atoms with van der Waals surface area (Å²) >= 11 is 6.13. The molecule has 0 amide bonds. The molecule has 0 aliphatic heterocycles. The van der Waals surface area contributed by atoms with Crippen LogP contribution >= 0.6 is 24.0 Å². The SMILES string of the molecule is Cc1ccccc1C(S)c1ccc(C=O)s1. The van der Waals surface area contributed by atoms with Crippen molar-refractivity contribution < 1.29 is 4.79 Å². The van der Waals surface area contributed by atoms with E-state index in [2.05, 4.69) is 31.7 Å². The van der Waals surface area contributed by atoms with E-state index in [0.29, 0.717) is 0 Å². The summed E-state index contributed by atoms with van der Waals surface area (Å²) < 4.78 is 0. The fourth-order valence-electron chi connectivity index (χ4n) is 1.63. The minimum absolute atomic E-state index is 0.0555. The molecule has 1 unspecified atom stereocenters. The maximum Gasteiger partial charge on any atom is 0.160 e. The number of thiophene rings is 1. The number of thiol groups is 1. The number of hydrogen-bond donors (Lipinski definition) is 1. The Bertz CT molecular complexity index is 502. The van der Waals surface area contributed by atoms with Gasteiger partial charge in [-0.05, 0) is 30.2 Å². The molecule has 1 atom stereocenters. The van der Waals surface area contributed by atoms with E-state index < -0.39 is 0 Å². The monoisotopic (exact) mass is 248 g/mol. The van der Waals surface area contributed by atoms with Crippen molar-refractivity contribution in [3.63, 3.8) is 0 Å². The summed E-state index contributed by atoms with van der Waals surface area (Å²) in [5, 5.41) is 0.0555. The molecule has 0 fully saturated rings. The minimum atomic E-state index is 0.0555. The van der Waals surface area contributed by atoms with Gasteiger partial charge in [0.1, 0.15) is 0 Å². The van der Waals surface area contributed by atoms with Crippen LogP contribution in [0.2, 0.25) is 0 Å². The highest BCUT2D eigenvalue weighted by atomic mass is 32.1. The highest BCUT2D eigenvalue weighted by Gasteiger charge is 2.13. The number of benzene rings is 1. The first-order valence-corrected chi connectivity index (χ1v) is 6.34. The number of carbonyl (C=O) groups is 1. The van der Waals surface area contributed by atoms with Crippen LogP contribution in [0, 0.1) is 6.92 Å². The lowest BCUT2D eigenvalue weighted by Crippen LogP contribution is -1.93. The van der Waals surface area contributed by atoms with E-state index in [4.69, 9.17) is 0 Å². The molecule has 0 saturated carbocycles. The standard InChI is InChI=1S/C13H12OS2/c1-9-4-2-3-5-11(9)13(15)12-7-6-10(8-14)16-12/h2-8,13,15H,1H3. The smallest absolute Gasteiger partial charge is 0.160 e. The van der Waals surface area contributed by atoms with Crippen LogP contribution in [0.25, 0.3) is 0 Å². The third kappa shape index (κ3) is 2.20. The Balaban J connectivity index is 2.35. The van der Waals surface area contributed by atoms with Gasteiger partial charge in [-0.3, -0.25) is 4.79 Å². The molecule has 2 aromatic rings. The molecule has 1 heterocycles. The fraction of sp³-hybridized carbons (Fsp3) is 0.154. The Labute approximate surface area is 105 Å². The predicted octanol–water partition coefficient (Wildman–Crippen LogP) is 3.89. The van der Waals surface area contributed by atoms with Crippen LogP contribution in [-0.2, 0) is 0 Å². The van der Waals surface area contributed by atoms with Gasteiger partial charge in [-0.25, -0.2) is 0 Å². The molecule has 0 aliphatic rings. The van der Waals surface area contributed by atoms with Crippen LogP contribution in [0.4, 0.5) is 0 Å². The second kappa shape index (κ2) is 4.85. The van der Waals surface area contributed by atoms with Gasteiger partial charge >= 0.3 is 0 Å². The molecule has 0 N–H and O–H groups in total. The van der Waals surface area contributed by atoms with Crippen LogP contribution in [-0.4, -0.2) is 6.29 Å². The summed E-state index contributed by atoms with van der Waals surface area (Å²) in [6.45, 7) is 2.08. The Kier molecular flexibility index (Phi) is 3.46. The summed E-state index contributed by atoms with van der Waals surface area (Å²) in [4.78, 5) is 12.5. The zero-order valence-corrected chi connectivity index (χ0v) is 10.6. The fourth-order valence-corrected chi connectivity index (χ4v) is 2.99. The molecule has 0 aliphatic carbocycles. The van der Waals surface area contributed by atoms with Crippen LogP contribution < -0.4 is 0 Å². The number of aldehydes is 1. The molecule has 1 aromatic carbocycles. The summed E-state index contributed by atoms with van der Waals surface area (Å²) in [5.74, 6) is 0. The molecule has 0 bridgehead atoms. The molecule has 3 heteroatoms. The summed E-state index contributed by atoms with van der Waals surface area (Å²) in [5.41, 5.74) is 2.42. The van der Waals surface area contributed by atoms with Gasteiger partial charge in [0.15, 0.2) is 6.29 Å². The van der Waals surface area contributed by atoms with Crippen molar-refractivity contribution >= 4 is 30.3 Å². The molecule has 82 valence electrons. The van der Waals surface area contributed by atoms with Crippen molar-refractivity contribution in [1.29, 1.82) is 0 Å². The van der Waals surface area contributed by atoms with E-state index in [0.717, 1.165) is 16.0 Å². The molecule has 16 heavy (non-hydrogen) atoms. The predicted molar refractivity (Wildman–Crippen MR) is 71.7 cm³/mol. The largest absolute Gasteiger partial charge is 0.297 e. The maximum absolute atomic E-state index is 10.6. The lowest BCUT2D eigenvalue weighted by atomic mass is 10.0. The first kappa shape index (κ1) is 11.4. The van der Waals surface area contributed by atoms with E-state index in [1.54, 1.807) is 0 Å². The molecule has 2 rings (SSSR count). The Morgan fingerprint density at radius 2 is 2.00 bits per heavy atom. The van der Waals surface area contributed by atoms with Crippen LogP contribution in [0.5, 0.6) is 0 Å². The highest BCUT2D eigenvalue weighted by molar-refractivity contribution is 7.81. The summed E-state index contributed by atoms with van der Waals surface area (Å²) in [6, 6.07) is 12.0. The van der Waals surface area contributed by atoms with Crippen LogP contribution in [0.3, 0.4) is 0 Å². The summed E-state index contributed by atoms with van der Waals surface area (Å²) in [7, 11) is 0. The average Bonchev–Trinajstić information content (AvgIpc) is 2.77. The lowest BCUT2D eigenvalue weighted by Gasteiger charge is -2.11. The van der Waals surface area contributed by atoms with E-state index in [9.17, 15) is 4.79 Å². The van der Waals surface area contributed by atoms with Crippen molar-refractivity contribution in [2.45, 2.75) is 12.2 Å². The molecule has 0 radical (unpaired) electrons. The minimum Gasteiger partial charge on any atom is -0.297 e. The van der Waals surface area contributed by atoms with E-state index in [-0.39, 0.29) is 5.25 Å². The van der Waals surface area contributed by atoms with Gasteiger partial charge in [-0.1, -0.05) is 24.3 Å². The third-order valence-electron chi connectivity index (χ3n) is 2.52.